The number of hydrogen-bond donors (Lipinski definition) is 0. The van der Waals surface area contributed by atoms with E-state index in [0.717, 1.165) is 0 Å². The summed E-state index contributed by atoms with van der Waals surface area (Å²) in [5.74, 6) is 0. The molecular formula is NO3Pt-. The van der Waals surface area contributed by atoms with Crippen molar-refractivity contribution in [1.82, 2.24) is 0 Å². The van der Waals surface area contributed by atoms with E-state index < -0.39 is 5.09 Å². The summed E-state index contributed by atoms with van der Waals surface area (Å²) < 4.78 is 0. The molecule has 0 radical (unpaired) electrons. The van der Waals surface area contributed by atoms with Crippen molar-refractivity contribution in [1.29, 1.82) is 0 Å². The monoisotopic (exact) mass is 257 g/mol. The van der Waals surface area contributed by atoms with Gasteiger partial charge in [0.15, 0.2) is 0 Å². The first kappa shape index (κ1) is 8.86. The first-order chi connectivity index (χ1) is 1.73. The summed E-state index contributed by atoms with van der Waals surface area (Å²) >= 11 is 0. The van der Waals surface area contributed by atoms with Crippen LogP contribution in [0.3, 0.4) is 0 Å². The maximum atomic E-state index is 8.25. The van der Waals surface area contributed by atoms with Crippen LogP contribution in [0.25, 0.3) is 0 Å². The van der Waals surface area contributed by atoms with Crippen molar-refractivity contribution in [2.75, 3.05) is 0 Å². The minimum absolute atomic E-state index is 0. The standard InChI is InChI=1S/NO3.Pt/c2-1(3)4;/q-1;. The van der Waals surface area contributed by atoms with Crippen LogP contribution < -0.4 is 0 Å². The fourth-order valence-electron chi connectivity index (χ4n) is 0. The summed E-state index contributed by atoms with van der Waals surface area (Å²) in [6.07, 6.45) is 0. The Morgan fingerprint density at radius 2 is 1.40 bits per heavy atom. The second-order valence-electron chi connectivity index (χ2n) is 0.224. The zero-order chi connectivity index (χ0) is 3.58. The molecule has 0 saturated heterocycles. The van der Waals surface area contributed by atoms with Crippen molar-refractivity contribution in [3.05, 3.63) is 15.3 Å². The summed E-state index contributed by atoms with van der Waals surface area (Å²) in [4.78, 5) is 8.25. The molecule has 0 aromatic heterocycles. The van der Waals surface area contributed by atoms with Gasteiger partial charge in [-0.15, -0.1) is 0 Å². The van der Waals surface area contributed by atoms with Gasteiger partial charge < -0.3 is 15.3 Å². The molecule has 0 rings (SSSR count). The van der Waals surface area contributed by atoms with Gasteiger partial charge in [0.05, 0.1) is 5.09 Å². The quantitative estimate of drug-likeness (QED) is 0.444. The third kappa shape index (κ3) is 1110. The summed E-state index contributed by atoms with van der Waals surface area (Å²) in [5, 5.41) is 14.8. The van der Waals surface area contributed by atoms with Gasteiger partial charge in [0.2, 0.25) is 0 Å². The topological polar surface area (TPSA) is 66.2 Å². The van der Waals surface area contributed by atoms with Gasteiger partial charge in [-0.05, 0) is 0 Å². The van der Waals surface area contributed by atoms with E-state index in [2.05, 4.69) is 0 Å². The van der Waals surface area contributed by atoms with Crippen LogP contribution in [0.4, 0.5) is 0 Å². The fraction of sp³-hybridized carbons (Fsp3) is 0. The summed E-state index contributed by atoms with van der Waals surface area (Å²) in [6, 6.07) is 0. The Morgan fingerprint density at radius 1 is 1.40 bits per heavy atom. The molecule has 0 aliphatic carbocycles. The van der Waals surface area contributed by atoms with Crippen molar-refractivity contribution >= 4 is 0 Å². The molecule has 0 aromatic carbocycles. The van der Waals surface area contributed by atoms with Crippen LogP contribution in [0.2, 0.25) is 0 Å². The smallest absolute Gasteiger partial charge is 0.0689 e. The SMILES string of the molecule is O=[N+]([O-])[O-].[Pt]. The Hall–Kier alpha value is -0.112. The van der Waals surface area contributed by atoms with E-state index in [9.17, 15) is 0 Å². The van der Waals surface area contributed by atoms with Gasteiger partial charge in [-0.2, -0.15) is 0 Å². The maximum Gasteiger partial charge on any atom is 0.0689 e. The summed E-state index contributed by atoms with van der Waals surface area (Å²) in [7, 11) is 0. The number of nitrogens with zero attached hydrogens (tertiary/aromatic N) is 1. The Kier molecular flexibility index (Phi) is 6.89. The van der Waals surface area contributed by atoms with Crippen LogP contribution in [0.15, 0.2) is 0 Å². The van der Waals surface area contributed by atoms with Crippen molar-refractivity contribution in [3.8, 4) is 0 Å². The normalized spacial score (nSPS) is 4.80. The molecule has 0 bridgehead atoms. The molecule has 4 nitrogen and oxygen atoms in total. The Bertz CT molecular complexity index is 29.9. The molecule has 0 aromatic rings. The van der Waals surface area contributed by atoms with Crippen LogP contribution in [0.1, 0.15) is 0 Å². The molecular weight excluding hydrogens is 257 g/mol. The van der Waals surface area contributed by atoms with Crippen molar-refractivity contribution in [3.63, 3.8) is 0 Å². The Morgan fingerprint density at radius 3 is 1.40 bits per heavy atom. The predicted molar refractivity (Wildman–Crippen MR) is 10.4 cm³/mol. The minimum Gasteiger partial charge on any atom is -0.356 e. The van der Waals surface area contributed by atoms with Gasteiger partial charge in [0.25, 0.3) is 0 Å². The molecule has 0 aliphatic rings. The van der Waals surface area contributed by atoms with E-state index in [4.69, 9.17) is 15.3 Å². The number of hydrogen-bond acceptors (Lipinski definition) is 3. The van der Waals surface area contributed by atoms with Gasteiger partial charge in [0.1, 0.15) is 0 Å². The second-order valence-corrected chi connectivity index (χ2v) is 0.224. The Labute approximate surface area is 42.2 Å². The average molecular weight is 257 g/mol. The van der Waals surface area contributed by atoms with Crippen LogP contribution in [-0.2, 0) is 21.1 Å². The molecule has 5 heteroatoms. The van der Waals surface area contributed by atoms with Crippen LogP contribution >= 0.6 is 0 Å². The molecule has 0 unspecified atom stereocenters. The van der Waals surface area contributed by atoms with Crippen LogP contribution in [0.5, 0.6) is 0 Å². The molecule has 0 amide bonds. The Balaban J connectivity index is 0. The second kappa shape index (κ2) is 3.89. The van der Waals surface area contributed by atoms with E-state index in [1.165, 1.54) is 0 Å². The van der Waals surface area contributed by atoms with Gasteiger partial charge >= 0.3 is 0 Å². The third-order valence-corrected chi connectivity index (χ3v) is 0. The zero-order valence-corrected chi connectivity index (χ0v) is 4.26. The van der Waals surface area contributed by atoms with Crippen LogP contribution in [0, 0.1) is 15.3 Å². The van der Waals surface area contributed by atoms with Gasteiger partial charge in [-0.25, -0.2) is 0 Å². The van der Waals surface area contributed by atoms with Crippen LogP contribution in [-0.4, -0.2) is 5.09 Å². The molecule has 0 heterocycles. The van der Waals surface area contributed by atoms with E-state index in [0.29, 0.717) is 0 Å². The van der Waals surface area contributed by atoms with Gasteiger partial charge in [-0.1, -0.05) is 0 Å². The summed E-state index contributed by atoms with van der Waals surface area (Å²) in [6.45, 7) is 0. The molecule has 0 atom stereocenters. The predicted octanol–water partition coefficient (Wildman–Crippen LogP) is -0.242. The fourth-order valence-corrected chi connectivity index (χ4v) is 0. The van der Waals surface area contributed by atoms with Gasteiger partial charge in [0, 0.05) is 21.1 Å². The van der Waals surface area contributed by atoms with Crippen molar-refractivity contribution in [2.45, 2.75) is 0 Å². The number of rotatable bonds is 0. The van der Waals surface area contributed by atoms with E-state index in [1.807, 2.05) is 0 Å². The molecule has 0 saturated carbocycles. The van der Waals surface area contributed by atoms with E-state index in [-0.39, 0.29) is 21.1 Å². The first-order valence-corrected chi connectivity index (χ1v) is 0.548. The van der Waals surface area contributed by atoms with Crippen molar-refractivity contribution in [2.24, 2.45) is 0 Å². The minimum atomic E-state index is -1.75. The molecule has 0 N–H and O–H groups in total. The molecule has 34 valence electrons. The van der Waals surface area contributed by atoms with Gasteiger partial charge in [-0.3, -0.25) is 0 Å². The molecule has 5 heavy (non-hydrogen) atoms. The molecule has 0 fully saturated rings. The first-order valence-electron chi connectivity index (χ1n) is 0.548. The zero-order valence-electron chi connectivity index (χ0n) is 1.99. The maximum absolute atomic E-state index is 8.25. The van der Waals surface area contributed by atoms with E-state index in [1.54, 1.807) is 0 Å². The summed E-state index contributed by atoms with van der Waals surface area (Å²) in [5.41, 5.74) is 0. The van der Waals surface area contributed by atoms with Crippen molar-refractivity contribution < 1.29 is 26.2 Å². The van der Waals surface area contributed by atoms with E-state index >= 15 is 0 Å². The largest absolute Gasteiger partial charge is 0.356 e. The average Bonchev–Trinajstić information content (AvgIpc) is 0.811. The third-order valence-electron chi connectivity index (χ3n) is 0. The molecule has 0 aliphatic heterocycles. The molecule has 0 spiro atoms.